The Balaban J connectivity index is -0.0000000634. The average Bonchev–Trinajstić information content (AvgIpc) is 3.69. The van der Waals surface area contributed by atoms with Gasteiger partial charge in [-0.25, -0.2) is 0 Å². The van der Waals surface area contributed by atoms with Crippen LogP contribution in [0.15, 0.2) is 48.5 Å². The molecule has 2 aromatic carbocycles. The van der Waals surface area contributed by atoms with Gasteiger partial charge in [-0.1, -0.05) is 203 Å². The lowest BCUT2D eigenvalue weighted by molar-refractivity contribution is -0.158. The summed E-state index contributed by atoms with van der Waals surface area (Å²) < 4.78 is 4.48. The van der Waals surface area contributed by atoms with Gasteiger partial charge in [0.15, 0.2) is 0 Å². The van der Waals surface area contributed by atoms with Crippen molar-refractivity contribution in [1.29, 1.82) is 0 Å². The van der Waals surface area contributed by atoms with Gasteiger partial charge in [0, 0.05) is 0 Å². The first-order chi connectivity index (χ1) is 24.1. The molecule has 1 saturated heterocycles. The van der Waals surface area contributed by atoms with Crippen LogP contribution < -0.4 is 0 Å². The molecule has 5 rings (SSSR count). The fourth-order valence-electron chi connectivity index (χ4n) is 7.59. The topological polar surface area (TPSA) is 158 Å². The lowest BCUT2D eigenvalue weighted by Crippen LogP contribution is -2.41. The number of hydrogen-bond donors (Lipinski definition) is 4. The predicted octanol–water partition coefficient (Wildman–Crippen LogP) is 17.4. The van der Waals surface area contributed by atoms with Crippen LogP contribution in [0.25, 0.3) is 0 Å². The van der Waals surface area contributed by atoms with Gasteiger partial charge in [-0.3, -0.25) is 19.2 Å². The summed E-state index contributed by atoms with van der Waals surface area (Å²) in [5, 5.41) is 36.5. The molecule has 392 valence electrons. The number of rotatable bonds is 5. The van der Waals surface area contributed by atoms with E-state index in [-0.39, 0.29) is 141 Å². The van der Waals surface area contributed by atoms with Crippen molar-refractivity contribution in [3.05, 3.63) is 59.7 Å². The van der Waals surface area contributed by atoms with E-state index in [1.807, 2.05) is 24.3 Å². The van der Waals surface area contributed by atoms with E-state index in [2.05, 4.69) is 87.8 Å². The molecule has 6 unspecified atom stereocenters. The molecule has 3 fully saturated rings. The number of aromatic hydroxyl groups is 2. The molecular formula is C56H114O9. The third-order valence-electron chi connectivity index (χ3n) is 10.6. The Bertz CT molecular complexity index is 1460. The van der Waals surface area contributed by atoms with E-state index in [0.717, 1.165) is 32.1 Å². The smallest absolute Gasteiger partial charge is 0.317 e. The molecule has 6 atom stereocenters. The van der Waals surface area contributed by atoms with Crippen LogP contribution >= 0.6 is 0 Å². The second-order valence-corrected chi connectivity index (χ2v) is 19.3. The van der Waals surface area contributed by atoms with Crippen LogP contribution in [0, 0.1) is 46.3 Å². The van der Waals surface area contributed by atoms with E-state index in [1.165, 1.54) is 11.1 Å². The molecule has 4 N–H and O–H groups in total. The second-order valence-electron chi connectivity index (χ2n) is 19.3. The predicted molar refractivity (Wildman–Crippen MR) is 288 cm³/mol. The van der Waals surface area contributed by atoms with Gasteiger partial charge >= 0.3 is 23.9 Å². The Hall–Kier alpha value is -3.88. The third kappa shape index (κ3) is 28.0. The number of phenols is 2. The minimum atomic E-state index is -0.933. The molecule has 2 aromatic rings. The van der Waals surface area contributed by atoms with Crippen LogP contribution in [0.1, 0.15) is 222 Å². The maximum absolute atomic E-state index is 11.3. The van der Waals surface area contributed by atoms with Gasteiger partial charge in [0.2, 0.25) is 0 Å². The molecule has 0 aromatic heterocycles. The van der Waals surface area contributed by atoms with Crippen molar-refractivity contribution >= 4 is 23.9 Å². The number of fused-ring (bicyclic) bond motifs is 2. The molecule has 2 bridgehead atoms. The summed E-state index contributed by atoms with van der Waals surface area (Å²) in [6, 6.07) is 14.7. The highest BCUT2D eigenvalue weighted by Crippen LogP contribution is 2.59. The van der Waals surface area contributed by atoms with Crippen LogP contribution in [0.2, 0.25) is 0 Å². The Kier molecular flexibility index (Phi) is 47.8. The van der Waals surface area contributed by atoms with Crippen molar-refractivity contribution < 1.29 is 44.3 Å². The third-order valence-corrected chi connectivity index (χ3v) is 10.6. The number of carbonyl (C=O) groups is 4. The summed E-state index contributed by atoms with van der Waals surface area (Å²) in [6.07, 6.45) is 4.76. The maximum atomic E-state index is 11.3. The number of carboxylic acid groups (broad SMARTS) is 2. The van der Waals surface area contributed by atoms with Crippen molar-refractivity contribution in [3.63, 3.8) is 0 Å². The molecule has 0 amide bonds. The monoisotopic (exact) mass is 931 g/mol. The minimum absolute atomic E-state index is 0. The maximum Gasteiger partial charge on any atom is 0.317 e. The first-order valence-corrected chi connectivity index (χ1v) is 18.9. The van der Waals surface area contributed by atoms with Crippen LogP contribution in [-0.2, 0) is 34.7 Å². The van der Waals surface area contributed by atoms with E-state index >= 15 is 0 Å². The molecule has 1 aliphatic heterocycles. The molecule has 9 nitrogen and oxygen atoms in total. The summed E-state index contributed by atoms with van der Waals surface area (Å²) in [7, 11) is 0. The van der Waals surface area contributed by atoms with Crippen molar-refractivity contribution in [2.45, 2.75) is 222 Å². The van der Waals surface area contributed by atoms with Gasteiger partial charge < -0.3 is 25.2 Å². The molecule has 1 heterocycles. The highest BCUT2D eigenvalue weighted by atomic mass is 16.6. The fourth-order valence-corrected chi connectivity index (χ4v) is 7.59. The summed E-state index contributed by atoms with van der Waals surface area (Å²) in [4.78, 5) is 44.4. The summed E-state index contributed by atoms with van der Waals surface area (Å²) >= 11 is 0. The molecule has 65 heavy (non-hydrogen) atoms. The SMILES string of the molecule is C.C.C.C.C.C.C.C.C.C.C.C.CC(C)(C)C1CC2CC1C(C(=O)O)C2C(=O)O.CC(C)(C)CCCC1CC(=O)OC1=O.CC(C)(C)c1ccc(O)cc1.CC(C)(C)c1ccc(O)cc1. The quantitative estimate of drug-likeness (QED) is 0.169. The van der Waals surface area contributed by atoms with E-state index < -0.39 is 23.8 Å². The highest BCUT2D eigenvalue weighted by Gasteiger charge is 2.60. The molecule has 0 radical (unpaired) electrons. The molecular weight excluding hydrogens is 817 g/mol. The molecule has 2 saturated carbocycles. The van der Waals surface area contributed by atoms with E-state index in [0.29, 0.717) is 22.8 Å². The van der Waals surface area contributed by atoms with Crippen LogP contribution in [0.4, 0.5) is 0 Å². The summed E-state index contributed by atoms with van der Waals surface area (Å²) in [5.74, 6) is -2.99. The number of esters is 2. The zero-order chi connectivity index (χ0) is 40.7. The van der Waals surface area contributed by atoms with Gasteiger partial charge in [0.05, 0.1) is 24.2 Å². The Morgan fingerprint density at radius 2 is 0.923 bits per heavy atom. The largest absolute Gasteiger partial charge is 0.508 e. The van der Waals surface area contributed by atoms with Gasteiger partial charge in [0.25, 0.3) is 0 Å². The number of hydrogen-bond acceptors (Lipinski definition) is 7. The van der Waals surface area contributed by atoms with Crippen molar-refractivity contribution in [2.75, 3.05) is 0 Å². The second kappa shape index (κ2) is 35.3. The van der Waals surface area contributed by atoms with Crippen molar-refractivity contribution in [1.82, 2.24) is 0 Å². The first kappa shape index (κ1) is 87.9. The molecule has 3 aliphatic rings. The Morgan fingerprint density at radius 3 is 1.18 bits per heavy atom. The van der Waals surface area contributed by atoms with Crippen LogP contribution in [0.5, 0.6) is 11.5 Å². The normalized spacial score (nSPS) is 19.4. The average molecular weight is 932 g/mol. The first-order valence-electron chi connectivity index (χ1n) is 18.9. The number of carbonyl (C=O) groups excluding carboxylic acids is 2. The standard InChI is InChI=1S/C13H20O4.C11H18O3.2C10H14O.12CH4/c1-13(2,3)8-5-6-4-7(8)10(12(16)17)9(6)11(14)15;1-11(2,3)6-4-5-8-7-9(12)14-10(8)13;2*1-10(2,3)8-4-6-9(11)7-5-8;;;;;;;;;;;;/h6-10H,4-5H2,1-3H3,(H,14,15)(H,16,17);8H,4-7H2,1-3H3;2*4-7,11H,1-3H3;12*1H4. The summed E-state index contributed by atoms with van der Waals surface area (Å²) in [5.41, 5.74) is 3.20. The molecule has 2 aliphatic carbocycles. The van der Waals surface area contributed by atoms with Gasteiger partial charge in [-0.05, 0) is 100 Å². The Morgan fingerprint density at radius 1 is 0.569 bits per heavy atom. The van der Waals surface area contributed by atoms with Crippen molar-refractivity contribution in [2.24, 2.45) is 46.3 Å². The molecule has 9 heteroatoms. The van der Waals surface area contributed by atoms with Crippen LogP contribution in [-0.4, -0.2) is 44.3 Å². The van der Waals surface area contributed by atoms with Gasteiger partial charge in [-0.2, -0.15) is 0 Å². The number of cyclic esters (lactones) is 2. The number of phenolic OH excluding ortho intramolecular Hbond substituents is 2. The lowest BCUT2D eigenvalue weighted by Gasteiger charge is -2.38. The summed E-state index contributed by atoms with van der Waals surface area (Å²) in [6.45, 7) is 25.8. The fraction of sp³-hybridized carbons (Fsp3) is 0.714. The zero-order valence-electron chi connectivity index (χ0n) is 34.2. The zero-order valence-corrected chi connectivity index (χ0v) is 34.2. The van der Waals surface area contributed by atoms with Gasteiger partial charge in [0.1, 0.15) is 11.5 Å². The Labute approximate surface area is 406 Å². The van der Waals surface area contributed by atoms with Crippen LogP contribution in [0.3, 0.4) is 0 Å². The highest BCUT2D eigenvalue weighted by molar-refractivity contribution is 5.94. The van der Waals surface area contributed by atoms with Crippen molar-refractivity contribution in [3.8, 4) is 11.5 Å². The van der Waals surface area contributed by atoms with E-state index in [4.69, 9.17) is 10.2 Å². The number of aliphatic carboxylic acids is 2. The lowest BCUT2D eigenvalue weighted by atomic mass is 9.65. The molecule has 0 spiro atoms. The minimum Gasteiger partial charge on any atom is -0.508 e. The van der Waals surface area contributed by atoms with E-state index in [9.17, 15) is 29.4 Å². The van der Waals surface area contributed by atoms with E-state index in [1.54, 1.807) is 24.3 Å². The number of carboxylic acids is 2. The van der Waals surface area contributed by atoms with Gasteiger partial charge in [-0.15, -0.1) is 0 Å². The number of ether oxygens (including phenoxy) is 1. The number of benzene rings is 2.